The standard InChI is InChI=1S/C17H16OS2/c1-4-17(18,13-5-9-15(19-2)10-6-13)14-7-11-16(20-3)12-8-14/h1,5-12,18H,2-3H3. The van der Waals surface area contributed by atoms with E-state index in [4.69, 9.17) is 6.42 Å². The van der Waals surface area contributed by atoms with Gasteiger partial charge >= 0.3 is 0 Å². The van der Waals surface area contributed by atoms with Crippen molar-refractivity contribution in [3.05, 3.63) is 59.7 Å². The van der Waals surface area contributed by atoms with Crippen molar-refractivity contribution in [2.24, 2.45) is 0 Å². The molecular weight excluding hydrogens is 284 g/mol. The molecule has 0 heterocycles. The third kappa shape index (κ3) is 2.88. The lowest BCUT2D eigenvalue weighted by Gasteiger charge is -2.23. The minimum absolute atomic E-state index is 0.717. The molecule has 2 aromatic carbocycles. The molecule has 0 aromatic heterocycles. The summed E-state index contributed by atoms with van der Waals surface area (Å²) in [6.07, 6.45) is 9.64. The Bertz CT molecular complexity index is 561. The summed E-state index contributed by atoms with van der Waals surface area (Å²) in [5.41, 5.74) is 0.0536. The minimum Gasteiger partial charge on any atom is -0.369 e. The van der Waals surface area contributed by atoms with Crippen molar-refractivity contribution >= 4 is 23.5 Å². The Morgan fingerprint density at radius 2 is 1.20 bits per heavy atom. The second kappa shape index (κ2) is 6.41. The van der Waals surface area contributed by atoms with E-state index in [1.807, 2.05) is 61.0 Å². The van der Waals surface area contributed by atoms with Crippen molar-refractivity contribution in [2.45, 2.75) is 15.4 Å². The van der Waals surface area contributed by atoms with Gasteiger partial charge in [-0.3, -0.25) is 0 Å². The average Bonchev–Trinajstić information content (AvgIpc) is 2.54. The van der Waals surface area contributed by atoms with Crippen LogP contribution in [0, 0.1) is 12.3 Å². The zero-order valence-electron chi connectivity index (χ0n) is 11.5. The van der Waals surface area contributed by atoms with Crippen LogP contribution in [0.1, 0.15) is 11.1 Å². The van der Waals surface area contributed by atoms with Crippen LogP contribution in [0.3, 0.4) is 0 Å². The zero-order chi connectivity index (χ0) is 14.6. The Labute approximate surface area is 128 Å². The summed E-state index contributed by atoms with van der Waals surface area (Å²) in [7, 11) is 0. The summed E-state index contributed by atoms with van der Waals surface area (Å²) in [4.78, 5) is 2.29. The van der Waals surface area contributed by atoms with Gasteiger partial charge in [0, 0.05) is 20.9 Å². The highest BCUT2D eigenvalue weighted by molar-refractivity contribution is 7.98. The molecule has 0 aliphatic rings. The highest BCUT2D eigenvalue weighted by atomic mass is 32.2. The van der Waals surface area contributed by atoms with Crippen LogP contribution in [0.5, 0.6) is 0 Å². The zero-order valence-corrected chi connectivity index (χ0v) is 13.1. The molecule has 1 N–H and O–H groups in total. The molecule has 20 heavy (non-hydrogen) atoms. The van der Waals surface area contributed by atoms with E-state index < -0.39 is 5.60 Å². The minimum atomic E-state index is -1.38. The van der Waals surface area contributed by atoms with E-state index in [-0.39, 0.29) is 0 Å². The summed E-state index contributed by atoms with van der Waals surface area (Å²) < 4.78 is 0. The van der Waals surface area contributed by atoms with Crippen molar-refractivity contribution in [1.82, 2.24) is 0 Å². The molecule has 102 valence electrons. The molecule has 0 radical (unpaired) electrons. The topological polar surface area (TPSA) is 20.2 Å². The lowest BCUT2D eigenvalue weighted by atomic mass is 9.87. The van der Waals surface area contributed by atoms with E-state index in [1.54, 1.807) is 23.5 Å². The van der Waals surface area contributed by atoms with E-state index in [1.165, 1.54) is 0 Å². The number of hydrogen-bond acceptors (Lipinski definition) is 3. The molecule has 0 fully saturated rings. The second-order valence-electron chi connectivity index (χ2n) is 4.31. The van der Waals surface area contributed by atoms with Gasteiger partial charge in [-0.25, -0.2) is 0 Å². The van der Waals surface area contributed by atoms with Gasteiger partial charge in [0.2, 0.25) is 0 Å². The monoisotopic (exact) mass is 300 g/mol. The third-order valence-corrected chi connectivity index (χ3v) is 4.71. The van der Waals surface area contributed by atoms with Crippen LogP contribution in [-0.4, -0.2) is 17.6 Å². The van der Waals surface area contributed by atoms with Gasteiger partial charge in [-0.2, -0.15) is 0 Å². The number of benzene rings is 2. The Morgan fingerprint density at radius 1 is 0.850 bits per heavy atom. The molecule has 0 bridgehead atoms. The highest BCUT2D eigenvalue weighted by Crippen LogP contribution is 2.31. The normalized spacial score (nSPS) is 11.1. The van der Waals surface area contributed by atoms with Crippen LogP contribution in [-0.2, 0) is 5.60 Å². The summed E-state index contributed by atoms with van der Waals surface area (Å²) in [5.74, 6) is 2.53. The molecule has 0 aliphatic carbocycles. The molecular formula is C17H16OS2. The Morgan fingerprint density at radius 3 is 1.45 bits per heavy atom. The Hall–Kier alpha value is -1.34. The molecule has 0 aliphatic heterocycles. The first-order chi connectivity index (χ1) is 9.63. The molecule has 0 amide bonds. The number of rotatable bonds is 4. The molecule has 3 heteroatoms. The third-order valence-electron chi connectivity index (χ3n) is 3.22. The Balaban J connectivity index is 2.43. The van der Waals surface area contributed by atoms with Gasteiger partial charge < -0.3 is 5.11 Å². The molecule has 0 saturated heterocycles. The van der Waals surface area contributed by atoms with Crippen molar-refractivity contribution in [1.29, 1.82) is 0 Å². The largest absolute Gasteiger partial charge is 0.369 e. The van der Waals surface area contributed by atoms with Crippen LogP contribution in [0.4, 0.5) is 0 Å². The van der Waals surface area contributed by atoms with E-state index in [2.05, 4.69) is 5.92 Å². The van der Waals surface area contributed by atoms with Crippen molar-refractivity contribution in [3.8, 4) is 12.3 Å². The van der Waals surface area contributed by atoms with Crippen LogP contribution in [0.15, 0.2) is 58.3 Å². The predicted octanol–water partition coefficient (Wildman–Crippen LogP) is 4.00. The van der Waals surface area contributed by atoms with E-state index in [0.29, 0.717) is 0 Å². The predicted molar refractivity (Wildman–Crippen MR) is 88.3 cm³/mol. The number of terminal acetylenes is 1. The van der Waals surface area contributed by atoms with Gasteiger partial charge in [-0.05, 0) is 36.8 Å². The van der Waals surface area contributed by atoms with Gasteiger partial charge in [0.15, 0.2) is 5.60 Å². The number of thioether (sulfide) groups is 2. The summed E-state index contributed by atoms with van der Waals surface area (Å²) in [5, 5.41) is 10.8. The van der Waals surface area contributed by atoms with Gasteiger partial charge in [0.25, 0.3) is 0 Å². The van der Waals surface area contributed by atoms with Crippen LogP contribution < -0.4 is 0 Å². The van der Waals surface area contributed by atoms with Crippen LogP contribution >= 0.6 is 23.5 Å². The fourth-order valence-corrected chi connectivity index (χ4v) is 2.81. The molecule has 2 rings (SSSR count). The molecule has 1 nitrogen and oxygen atoms in total. The van der Waals surface area contributed by atoms with Gasteiger partial charge in [-0.1, -0.05) is 30.2 Å². The van der Waals surface area contributed by atoms with Gasteiger partial charge in [-0.15, -0.1) is 29.9 Å². The lowest BCUT2D eigenvalue weighted by molar-refractivity contribution is 0.145. The SMILES string of the molecule is C#CC(O)(c1ccc(SC)cc1)c1ccc(SC)cc1. The van der Waals surface area contributed by atoms with Crippen molar-refractivity contribution < 1.29 is 5.11 Å². The van der Waals surface area contributed by atoms with Gasteiger partial charge in [0.1, 0.15) is 0 Å². The molecule has 0 unspecified atom stereocenters. The van der Waals surface area contributed by atoms with E-state index in [9.17, 15) is 5.11 Å². The maximum Gasteiger partial charge on any atom is 0.176 e. The first kappa shape index (κ1) is 15.1. The molecule has 0 saturated carbocycles. The summed E-state index contributed by atoms with van der Waals surface area (Å²) >= 11 is 3.32. The van der Waals surface area contributed by atoms with Crippen molar-refractivity contribution in [3.63, 3.8) is 0 Å². The maximum absolute atomic E-state index is 10.8. The second-order valence-corrected chi connectivity index (χ2v) is 6.07. The number of hydrogen-bond donors (Lipinski definition) is 1. The summed E-state index contributed by atoms with van der Waals surface area (Å²) in [6.45, 7) is 0. The molecule has 0 atom stereocenters. The van der Waals surface area contributed by atoms with Crippen molar-refractivity contribution in [2.75, 3.05) is 12.5 Å². The fourth-order valence-electron chi connectivity index (χ4n) is 2.00. The highest BCUT2D eigenvalue weighted by Gasteiger charge is 2.28. The van der Waals surface area contributed by atoms with Crippen LogP contribution in [0.25, 0.3) is 0 Å². The lowest BCUT2D eigenvalue weighted by Crippen LogP contribution is -2.24. The van der Waals surface area contributed by atoms with Crippen LogP contribution in [0.2, 0.25) is 0 Å². The summed E-state index contributed by atoms with van der Waals surface area (Å²) in [6, 6.07) is 15.4. The molecule has 0 spiro atoms. The van der Waals surface area contributed by atoms with E-state index >= 15 is 0 Å². The smallest absolute Gasteiger partial charge is 0.176 e. The first-order valence-corrected chi connectivity index (χ1v) is 8.58. The molecule has 2 aromatic rings. The maximum atomic E-state index is 10.8. The number of aliphatic hydroxyl groups is 1. The first-order valence-electron chi connectivity index (χ1n) is 6.13. The van der Waals surface area contributed by atoms with E-state index in [0.717, 1.165) is 20.9 Å². The fraction of sp³-hybridized carbons (Fsp3) is 0.176. The Kier molecular flexibility index (Phi) is 4.82. The van der Waals surface area contributed by atoms with Gasteiger partial charge in [0.05, 0.1) is 0 Å². The average molecular weight is 300 g/mol. The quantitative estimate of drug-likeness (QED) is 0.681.